The zero-order chi connectivity index (χ0) is 15.7. The number of ketones is 1. The number of rotatable bonds is 4. The monoisotopic (exact) mass is 294 g/mol. The van der Waals surface area contributed by atoms with Gasteiger partial charge in [0.1, 0.15) is 11.5 Å². The van der Waals surface area contributed by atoms with E-state index in [4.69, 9.17) is 5.73 Å². The number of fused-ring (bicyclic) bond motifs is 1. The number of pyridine rings is 2. The summed E-state index contributed by atoms with van der Waals surface area (Å²) >= 11 is 0. The molecule has 0 fully saturated rings. The first-order valence-electron chi connectivity index (χ1n) is 7.28. The SMILES string of the molecule is CC(C)Cc1ccc(C(=O)c2c[nH]c3ncccc23)c(N)n1. The van der Waals surface area contributed by atoms with E-state index in [0.717, 1.165) is 17.5 Å². The van der Waals surface area contributed by atoms with Crippen LogP contribution < -0.4 is 5.73 Å². The van der Waals surface area contributed by atoms with Crippen molar-refractivity contribution in [2.75, 3.05) is 5.73 Å². The van der Waals surface area contributed by atoms with Gasteiger partial charge in [0, 0.05) is 29.0 Å². The fourth-order valence-electron chi connectivity index (χ4n) is 2.53. The number of hydrogen-bond donors (Lipinski definition) is 2. The van der Waals surface area contributed by atoms with Gasteiger partial charge >= 0.3 is 0 Å². The van der Waals surface area contributed by atoms with Gasteiger partial charge in [0.25, 0.3) is 0 Å². The summed E-state index contributed by atoms with van der Waals surface area (Å²) in [6.45, 7) is 4.24. The summed E-state index contributed by atoms with van der Waals surface area (Å²) in [5.74, 6) is 0.634. The number of nitrogen functional groups attached to an aromatic ring is 1. The van der Waals surface area contributed by atoms with E-state index in [1.54, 1.807) is 24.5 Å². The van der Waals surface area contributed by atoms with Crippen LogP contribution in [-0.2, 0) is 6.42 Å². The van der Waals surface area contributed by atoms with Crippen LogP contribution >= 0.6 is 0 Å². The zero-order valence-electron chi connectivity index (χ0n) is 12.6. The number of nitrogens with one attached hydrogen (secondary N) is 1. The van der Waals surface area contributed by atoms with Crippen LogP contribution in [0.1, 0.15) is 35.5 Å². The molecule has 3 aromatic heterocycles. The van der Waals surface area contributed by atoms with Gasteiger partial charge in [-0.05, 0) is 36.6 Å². The standard InChI is InChI=1S/C17H18N4O/c1-10(2)8-11-5-6-13(16(18)21-11)15(22)14-9-20-17-12(14)4-3-7-19-17/h3-7,9-10H,8H2,1-2H3,(H2,18,21)(H,19,20). The number of hydrogen-bond acceptors (Lipinski definition) is 4. The zero-order valence-corrected chi connectivity index (χ0v) is 12.6. The lowest BCUT2D eigenvalue weighted by Gasteiger charge is -2.08. The van der Waals surface area contributed by atoms with E-state index in [-0.39, 0.29) is 11.6 Å². The summed E-state index contributed by atoms with van der Waals surface area (Å²) in [6.07, 6.45) is 4.20. The van der Waals surface area contributed by atoms with Crippen molar-refractivity contribution >= 4 is 22.6 Å². The van der Waals surface area contributed by atoms with Gasteiger partial charge in [0.2, 0.25) is 0 Å². The molecule has 0 saturated heterocycles. The quantitative estimate of drug-likeness (QED) is 0.724. The Balaban J connectivity index is 1.98. The van der Waals surface area contributed by atoms with Gasteiger partial charge in [-0.15, -0.1) is 0 Å². The average Bonchev–Trinajstić information content (AvgIpc) is 2.90. The van der Waals surface area contributed by atoms with E-state index in [2.05, 4.69) is 28.8 Å². The van der Waals surface area contributed by atoms with Crippen LogP contribution in [0.15, 0.2) is 36.7 Å². The highest BCUT2D eigenvalue weighted by atomic mass is 16.1. The van der Waals surface area contributed by atoms with Crippen molar-refractivity contribution in [3.63, 3.8) is 0 Å². The van der Waals surface area contributed by atoms with Crippen molar-refractivity contribution in [3.05, 3.63) is 53.5 Å². The van der Waals surface area contributed by atoms with Crippen LogP contribution in [0.4, 0.5) is 5.82 Å². The smallest absolute Gasteiger partial charge is 0.198 e. The Morgan fingerprint density at radius 1 is 1.27 bits per heavy atom. The van der Waals surface area contributed by atoms with Crippen molar-refractivity contribution in [3.8, 4) is 0 Å². The van der Waals surface area contributed by atoms with Gasteiger partial charge in [-0.3, -0.25) is 4.79 Å². The van der Waals surface area contributed by atoms with E-state index < -0.39 is 0 Å². The Bertz CT molecular complexity index is 836. The van der Waals surface area contributed by atoms with Gasteiger partial charge in [0.05, 0.1) is 5.56 Å². The third-order valence-electron chi connectivity index (χ3n) is 3.54. The van der Waals surface area contributed by atoms with Gasteiger partial charge in [-0.1, -0.05) is 13.8 Å². The number of nitrogens with zero attached hydrogens (tertiary/aromatic N) is 2. The van der Waals surface area contributed by atoms with Crippen molar-refractivity contribution in [2.24, 2.45) is 5.92 Å². The molecule has 0 atom stereocenters. The van der Waals surface area contributed by atoms with Gasteiger partial charge in [-0.2, -0.15) is 0 Å². The van der Waals surface area contributed by atoms with E-state index in [1.165, 1.54) is 0 Å². The lowest BCUT2D eigenvalue weighted by molar-refractivity contribution is 0.104. The van der Waals surface area contributed by atoms with Crippen LogP contribution in [0, 0.1) is 5.92 Å². The van der Waals surface area contributed by atoms with E-state index in [0.29, 0.717) is 22.7 Å². The topological polar surface area (TPSA) is 84.7 Å². The molecule has 0 bridgehead atoms. The molecule has 3 heterocycles. The molecular formula is C17H18N4O. The van der Waals surface area contributed by atoms with Crippen molar-refractivity contribution in [1.29, 1.82) is 0 Å². The highest BCUT2D eigenvalue weighted by Gasteiger charge is 2.18. The molecule has 22 heavy (non-hydrogen) atoms. The molecule has 0 aromatic carbocycles. The number of carbonyl (C=O) groups is 1. The molecule has 0 aliphatic rings. The minimum Gasteiger partial charge on any atom is -0.383 e. The number of carbonyl (C=O) groups excluding carboxylic acids is 1. The second-order valence-corrected chi connectivity index (χ2v) is 5.76. The number of H-pyrrole nitrogens is 1. The van der Waals surface area contributed by atoms with E-state index >= 15 is 0 Å². The molecule has 112 valence electrons. The van der Waals surface area contributed by atoms with Gasteiger partial charge in [0.15, 0.2) is 5.78 Å². The molecule has 0 aliphatic carbocycles. The van der Waals surface area contributed by atoms with Crippen molar-refractivity contribution in [1.82, 2.24) is 15.0 Å². The minimum atomic E-state index is -0.139. The maximum Gasteiger partial charge on any atom is 0.198 e. The second kappa shape index (κ2) is 5.60. The highest BCUT2D eigenvalue weighted by Crippen LogP contribution is 2.22. The van der Waals surface area contributed by atoms with Crippen LogP contribution in [0.5, 0.6) is 0 Å². The molecule has 0 amide bonds. The molecule has 3 N–H and O–H groups in total. The minimum absolute atomic E-state index is 0.139. The summed E-state index contributed by atoms with van der Waals surface area (Å²) in [4.78, 5) is 24.3. The Labute approximate surface area is 128 Å². The first-order chi connectivity index (χ1) is 10.6. The Morgan fingerprint density at radius 2 is 2.09 bits per heavy atom. The lowest BCUT2D eigenvalue weighted by atomic mass is 10.0. The van der Waals surface area contributed by atoms with Crippen LogP contribution in [-0.4, -0.2) is 20.7 Å². The Morgan fingerprint density at radius 3 is 2.82 bits per heavy atom. The average molecular weight is 294 g/mol. The van der Waals surface area contributed by atoms with Crippen LogP contribution in [0.2, 0.25) is 0 Å². The fraction of sp³-hybridized carbons (Fsp3) is 0.235. The summed E-state index contributed by atoms with van der Waals surface area (Å²) in [5.41, 5.74) is 8.58. The van der Waals surface area contributed by atoms with E-state index in [1.807, 2.05) is 12.1 Å². The molecule has 5 nitrogen and oxygen atoms in total. The molecule has 3 rings (SSSR count). The highest BCUT2D eigenvalue weighted by molar-refractivity contribution is 6.17. The molecule has 0 spiro atoms. The Hall–Kier alpha value is -2.69. The van der Waals surface area contributed by atoms with Crippen LogP contribution in [0.25, 0.3) is 11.0 Å². The lowest BCUT2D eigenvalue weighted by Crippen LogP contribution is -2.09. The largest absolute Gasteiger partial charge is 0.383 e. The fourth-order valence-corrected chi connectivity index (χ4v) is 2.53. The molecular weight excluding hydrogens is 276 g/mol. The summed E-state index contributed by atoms with van der Waals surface area (Å²) in [7, 11) is 0. The van der Waals surface area contributed by atoms with E-state index in [9.17, 15) is 4.79 Å². The normalized spacial score (nSPS) is 11.2. The summed E-state index contributed by atoms with van der Waals surface area (Å²) < 4.78 is 0. The molecule has 5 heteroatoms. The third-order valence-corrected chi connectivity index (χ3v) is 3.54. The third kappa shape index (κ3) is 2.57. The predicted octanol–water partition coefficient (Wildman–Crippen LogP) is 2.97. The second-order valence-electron chi connectivity index (χ2n) is 5.76. The van der Waals surface area contributed by atoms with Gasteiger partial charge in [-0.25, -0.2) is 9.97 Å². The van der Waals surface area contributed by atoms with Crippen LogP contribution in [0.3, 0.4) is 0 Å². The number of nitrogens with two attached hydrogens (primary N) is 1. The van der Waals surface area contributed by atoms with Crippen molar-refractivity contribution < 1.29 is 4.79 Å². The van der Waals surface area contributed by atoms with Gasteiger partial charge < -0.3 is 10.7 Å². The summed E-state index contributed by atoms with van der Waals surface area (Å²) in [5, 5.41) is 0.790. The molecule has 0 unspecified atom stereocenters. The first-order valence-corrected chi connectivity index (χ1v) is 7.28. The number of aromatic nitrogens is 3. The number of anilines is 1. The molecule has 0 radical (unpaired) electrons. The summed E-state index contributed by atoms with van der Waals surface area (Å²) in [6, 6.07) is 7.30. The van der Waals surface area contributed by atoms with Crippen molar-refractivity contribution in [2.45, 2.75) is 20.3 Å². The number of aromatic amines is 1. The maximum atomic E-state index is 12.7. The molecule has 0 saturated carbocycles. The molecule has 3 aromatic rings. The predicted molar refractivity (Wildman–Crippen MR) is 86.7 cm³/mol. The molecule has 0 aliphatic heterocycles. The maximum absolute atomic E-state index is 12.7. The first kappa shape index (κ1) is 14.3. The Kier molecular flexibility index (Phi) is 3.63.